The minimum Gasteiger partial charge on any atom is -0.447 e. The number of carbonyl (C=O) groups is 3. The number of hydrazine groups is 1. The number of hydrogen-bond acceptors (Lipinski definition) is 7. The summed E-state index contributed by atoms with van der Waals surface area (Å²) in [4.78, 5) is 43.1. The molecule has 0 unspecified atom stereocenters. The molecule has 1 saturated heterocycles. The van der Waals surface area contributed by atoms with E-state index in [1.807, 2.05) is 29.2 Å². The van der Waals surface area contributed by atoms with Crippen LogP contribution in [0.3, 0.4) is 0 Å². The number of hydrogen-bond donors (Lipinski definition) is 3. The van der Waals surface area contributed by atoms with E-state index in [9.17, 15) is 23.2 Å². The highest BCUT2D eigenvalue weighted by atomic mass is 19.2. The SMILES string of the molecule is CC(=O)N(NCc1cccc(F)c1F)[C@@H](CCN1CCNC(=O)C1)COC(=O)Nc1cc2ccccc2cn1. The molecule has 2 heterocycles. The molecule has 12 heteroatoms. The molecule has 3 aromatic rings. The fourth-order valence-corrected chi connectivity index (χ4v) is 4.32. The quantitative estimate of drug-likeness (QED) is 0.339. The zero-order valence-electron chi connectivity index (χ0n) is 21.5. The lowest BCUT2D eigenvalue weighted by Crippen LogP contribution is -2.53. The molecule has 0 spiro atoms. The third-order valence-corrected chi connectivity index (χ3v) is 6.34. The Morgan fingerprint density at radius 2 is 1.97 bits per heavy atom. The molecule has 3 amide bonds. The van der Waals surface area contributed by atoms with E-state index in [0.29, 0.717) is 31.9 Å². The number of pyridine rings is 1. The van der Waals surface area contributed by atoms with Gasteiger partial charge in [-0.15, -0.1) is 0 Å². The van der Waals surface area contributed by atoms with Gasteiger partial charge in [0.2, 0.25) is 11.8 Å². The lowest BCUT2D eigenvalue weighted by atomic mass is 10.1. The van der Waals surface area contributed by atoms with Crippen molar-refractivity contribution in [1.82, 2.24) is 25.6 Å². The fraction of sp³-hybridized carbons (Fsp3) is 0.333. The fourth-order valence-electron chi connectivity index (χ4n) is 4.32. The first-order valence-electron chi connectivity index (χ1n) is 12.5. The number of fused-ring (bicyclic) bond motifs is 1. The van der Waals surface area contributed by atoms with E-state index >= 15 is 0 Å². The van der Waals surface area contributed by atoms with Gasteiger partial charge in [-0.3, -0.25) is 24.8 Å². The van der Waals surface area contributed by atoms with Crippen molar-refractivity contribution < 1.29 is 27.9 Å². The van der Waals surface area contributed by atoms with Crippen molar-refractivity contribution in [3.05, 3.63) is 71.9 Å². The Bertz CT molecular complexity index is 1340. The van der Waals surface area contributed by atoms with Gasteiger partial charge in [-0.25, -0.2) is 24.0 Å². The van der Waals surface area contributed by atoms with Gasteiger partial charge in [0.05, 0.1) is 12.6 Å². The number of piperazine rings is 1. The third kappa shape index (κ3) is 7.68. The van der Waals surface area contributed by atoms with E-state index in [1.54, 1.807) is 12.3 Å². The summed E-state index contributed by atoms with van der Waals surface area (Å²) in [6, 6.07) is 12.4. The van der Waals surface area contributed by atoms with Crippen molar-refractivity contribution in [1.29, 1.82) is 0 Å². The number of nitrogens with zero attached hydrogens (tertiary/aromatic N) is 3. The Morgan fingerprint density at radius 3 is 2.74 bits per heavy atom. The molecule has 0 aliphatic carbocycles. The molecule has 10 nitrogen and oxygen atoms in total. The molecular weight excluding hydrogens is 510 g/mol. The van der Waals surface area contributed by atoms with Crippen molar-refractivity contribution in [2.45, 2.75) is 25.9 Å². The molecule has 1 atom stereocenters. The third-order valence-electron chi connectivity index (χ3n) is 6.34. The number of amides is 3. The van der Waals surface area contributed by atoms with Gasteiger partial charge in [0.1, 0.15) is 12.4 Å². The van der Waals surface area contributed by atoms with Crippen molar-refractivity contribution in [3.63, 3.8) is 0 Å². The first-order valence-corrected chi connectivity index (χ1v) is 12.5. The number of ether oxygens (including phenoxy) is 1. The second-order valence-corrected chi connectivity index (χ2v) is 9.15. The first kappa shape index (κ1) is 27.9. The van der Waals surface area contributed by atoms with Crippen LogP contribution in [0.4, 0.5) is 19.4 Å². The largest absolute Gasteiger partial charge is 0.447 e. The number of benzene rings is 2. The van der Waals surface area contributed by atoms with Crippen LogP contribution in [-0.2, 0) is 20.9 Å². The molecule has 39 heavy (non-hydrogen) atoms. The van der Waals surface area contributed by atoms with Crippen LogP contribution in [0.5, 0.6) is 0 Å². The van der Waals surface area contributed by atoms with E-state index in [0.717, 1.165) is 16.8 Å². The predicted octanol–water partition coefficient (Wildman–Crippen LogP) is 2.81. The first-order chi connectivity index (χ1) is 18.8. The van der Waals surface area contributed by atoms with Crippen LogP contribution in [0.2, 0.25) is 0 Å². The van der Waals surface area contributed by atoms with Gasteiger partial charge in [-0.2, -0.15) is 0 Å². The van der Waals surface area contributed by atoms with E-state index in [-0.39, 0.29) is 31.2 Å². The number of anilines is 1. The summed E-state index contributed by atoms with van der Waals surface area (Å²) in [6.07, 6.45) is 1.21. The maximum absolute atomic E-state index is 14.2. The van der Waals surface area contributed by atoms with Crippen molar-refractivity contribution >= 4 is 34.5 Å². The molecule has 1 aliphatic heterocycles. The van der Waals surface area contributed by atoms with E-state index in [4.69, 9.17) is 4.74 Å². The molecule has 2 aromatic carbocycles. The standard InChI is InChI=1S/C27H30F2N6O4/c1-18(36)35(32-15-21-7-4-8-23(28)26(21)29)22(9-11-34-12-10-30-25(37)16-34)17-39-27(38)33-24-13-19-5-2-3-6-20(19)14-31-24/h2-8,13-14,22,32H,9-12,15-17H2,1H3,(H,30,37)(H,31,33,38)/t22-/m0/s1. The highest BCUT2D eigenvalue weighted by Crippen LogP contribution is 2.17. The van der Waals surface area contributed by atoms with Gasteiger partial charge in [-0.05, 0) is 23.9 Å². The number of carbonyl (C=O) groups excluding carboxylic acids is 3. The molecule has 0 radical (unpaired) electrons. The van der Waals surface area contributed by atoms with Crippen molar-refractivity contribution in [2.75, 3.05) is 38.1 Å². The zero-order valence-corrected chi connectivity index (χ0v) is 21.5. The normalized spacial score (nSPS) is 14.5. The Morgan fingerprint density at radius 1 is 1.18 bits per heavy atom. The minimum absolute atomic E-state index is 0.0359. The smallest absolute Gasteiger partial charge is 0.412 e. The molecule has 1 aliphatic rings. The summed E-state index contributed by atoms with van der Waals surface area (Å²) in [6.45, 7) is 2.74. The van der Waals surface area contributed by atoms with Crippen LogP contribution >= 0.6 is 0 Å². The topological polar surface area (TPSA) is 116 Å². The zero-order chi connectivity index (χ0) is 27.8. The van der Waals surface area contributed by atoms with Crippen molar-refractivity contribution in [3.8, 4) is 0 Å². The van der Waals surface area contributed by atoms with Gasteiger partial charge >= 0.3 is 6.09 Å². The molecule has 1 fully saturated rings. The summed E-state index contributed by atoms with van der Waals surface area (Å²) in [5.41, 5.74) is 2.88. The molecule has 0 saturated carbocycles. The monoisotopic (exact) mass is 540 g/mol. The highest BCUT2D eigenvalue weighted by molar-refractivity contribution is 5.89. The van der Waals surface area contributed by atoms with Crippen LogP contribution < -0.4 is 16.1 Å². The van der Waals surface area contributed by atoms with E-state index < -0.39 is 29.7 Å². The van der Waals surface area contributed by atoms with Crippen LogP contribution in [0.25, 0.3) is 10.8 Å². The highest BCUT2D eigenvalue weighted by Gasteiger charge is 2.26. The van der Waals surface area contributed by atoms with Crippen LogP contribution in [-0.4, -0.2) is 71.6 Å². The van der Waals surface area contributed by atoms with Gasteiger partial charge in [0.25, 0.3) is 0 Å². The summed E-state index contributed by atoms with van der Waals surface area (Å²) in [5.74, 6) is -2.21. The van der Waals surface area contributed by atoms with E-state index in [2.05, 4.69) is 21.0 Å². The minimum atomic E-state index is -1.01. The number of nitrogens with one attached hydrogen (secondary N) is 3. The Hall–Kier alpha value is -4.16. The summed E-state index contributed by atoms with van der Waals surface area (Å²) in [7, 11) is 0. The molecule has 0 bridgehead atoms. The number of aromatic nitrogens is 1. The summed E-state index contributed by atoms with van der Waals surface area (Å²) in [5, 5.41) is 8.40. The number of halogens is 2. The molecular formula is C27H30F2N6O4. The Kier molecular flexibility index (Phi) is 9.34. The number of rotatable bonds is 10. The molecule has 206 valence electrons. The van der Waals surface area contributed by atoms with E-state index in [1.165, 1.54) is 24.1 Å². The average molecular weight is 541 g/mol. The lowest BCUT2D eigenvalue weighted by Gasteiger charge is -2.33. The summed E-state index contributed by atoms with van der Waals surface area (Å²) >= 11 is 0. The van der Waals surface area contributed by atoms with Gasteiger partial charge < -0.3 is 10.1 Å². The molecule has 3 N–H and O–H groups in total. The predicted molar refractivity (Wildman–Crippen MR) is 140 cm³/mol. The Labute approximate surface area is 224 Å². The maximum Gasteiger partial charge on any atom is 0.412 e. The molecule has 4 rings (SSSR count). The average Bonchev–Trinajstić information content (AvgIpc) is 2.92. The summed E-state index contributed by atoms with van der Waals surface area (Å²) < 4.78 is 33.3. The second kappa shape index (κ2) is 13.1. The second-order valence-electron chi connectivity index (χ2n) is 9.15. The maximum atomic E-state index is 14.2. The van der Waals surface area contributed by atoms with Crippen molar-refractivity contribution in [2.24, 2.45) is 0 Å². The van der Waals surface area contributed by atoms with Crippen LogP contribution in [0.1, 0.15) is 18.9 Å². The van der Waals surface area contributed by atoms with Gasteiger partial charge in [0, 0.05) is 50.2 Å². The van der Waals surface area contributed by atoms with Crippen LogP contribution in [0, 0.1) is 11.6 Å². The lowest BCUT2D eigenvalue weighted by molar-refractivity contribution is -0.137. The van der Waals surface area contributed by atoms with Gasteiger partial charge in [-0.1, -0.05) is 36.4 Å². The molecule has 1 aromatic heterocycles. The Balaban J connectivity index is 1.43. The van der Waals surface area contributed by atoms with Crippen LogP contribution in [0.15, 0.2) is 54.7 Å². The van der Waals surface area contributed by atoms with Gasteiger partial charge in [0.15, 0.2) is 11.6 Å².